The van der Waals surface area contributed by atoms with Crippen LogP contribution in [-0.2, 0) is 0 Å². The highest BCUT2D eigenvalue weighted by Gasteiger charge is 2.15. The van der Waals surface area contributed by atoms with E-state index in [0.29, 0.717) is 18.0 Å². The number of rotatable bonds is 7. The molecule has 0 fully saturated rings. The van der Waals surface area contributed by atoms with Crippen molar-refractivity contribution in [1.29, 1.82) is 0 Å². The maximum Gasteiger partial charge on any atom is 0.0446 e. The summed E-state index contributed by atoms with van der Waals surface area (Å²) in [6.45, 7) is 13.4. The third-order valence-electron chi connectivity index (χ3n) is 3.91. The van der Waals surface area contributed by atoms with Crippen LogP contribution in [0, 0.1) is 0 Å². The summed E-state index contributed by atoms with van der Waals surface area (Å²) < 4.78 is 0. The summed E-state index contributed by atoms with van der Waals surface area (Å²) in [4.78, 5) is 2.50. The standard InChI is InChI=1S/C17H30N2/c1-7-19(14(4)5)12-17(18-6)16-10-8-15(9-11-16)13(2)3/h8-11,13-14,17-18H,7,12H2,1-6H3. The minimum absolute atomic E-state index is 0.406. The Balaban J connectivity index is 2.79. The fraction of sp³-hybridized carbons (Fsp3) is 0.647. The number of hydrogen-bond acceptors (Lipinski definition) is 2. The molecule has 0 aliphatic heterocycles. The van der Waals surface area contributed by atoms with E-state index >= 15 is 0 Å². The largest absolute Gasteiger partial charge is 0.312 e. The van der Waals surface area contributed by atoms with Gasteiger partial charge in [0.05, 0.1) is 0 Å². The second-order valence-corrected chi connectivity index (χ2v) is 5.84. The van der Waals surface area contributed by atoms with E-state index in [2.05, 4.69) is 76.1 Å². The van der Waals surface area contributed by atoms with E-state index in [9.17, 15) is 0 Å². The van der Waals surface area contributed by atoms with Gasteiger partial charge in [-0.25, -0.2) is 0 Å². The molecule has 0 spiro atoms. The molecule has 0 amide bonds. The van der Waals surface area contributed by atoms with Gasteiger partial charge >= 0.3 is 0 Å². The van der Waals surface area contributed by atoms with Crippen molar-refractivity contribution in [3.8, 4) is 0 Å². The maximum absolute atomic E-state index is 3.45. The van der Waals surface area contributed by atoms with Gasteiger partial charge in [0, 0.05) is 18.6 Å². The van der Waals surface area contributed by atoms with Gasteiger partial charge in [0.15, 0.2) is 0 Å². The van der Waals surface area contributed by atoms with Gasteiger partial charge in [0.25, 0.3) is 0 Å². The Bertz CT molecular complexity index is 354. The van der Waals surface area contributed by atoms with Gasteiger partial charge in [-0.05, 0) is 44.5 Å². The van der Waals surface area contributed by atoms with Crippen LogP contribution < -0.4 is 5.32 Å². The maximum atomic E-state index is 3.45. The first-order valence-corrected chi connectivity index (χ1v) is 7.50. The van der Waals surface area contributed by atoms with Crippen molar-refractivity contribution in [3.63, 3.8) is 0 Å². The minimum Gasteiger partial charge on any atom is -0.312 e. The van der Waals surface area contributed by atoms with Gasteiger partial charge in [0.1, 0.15) is 0 Å². The van der Waals surface area contributed by atoms with Gasteiger partial charge in [-0.15, -0.1) is 0 Å². The molecule has 0 saturated heterocycles. The Hall–Kier alpha value is -0.860. The van der Waals surface area contributed by atoms with Crippen molar-refractivity contribution in [2.24, 2.45) is 0 Å². The summed E-state index contributed by atoms with van der Waals surface area (Å²) in [6, 6.07) is 10.1. The second kappa shape index (κ2) is 7.66. The van der Waals surface area contributed by atoms with E-state index < -0.39 is 0 Å². The second-order valence-electron chi connectivity index (χ2n) is 5.84. The molecule has 0 radical (unpaired) electrons. The first-order chi connectivity index (χ1) is 8.99. The average molecular weight is 262 g/mol. The number of benzene rings is 1. The zero-order valence-electron chi connectivity index (χ0n) is 13.4. The summed E-state index contributed by atoms with van der Waals surface area (Å²) >= 11 is 0. The molecule has 108 valence electrons. The van der Waals surface area contributed by atoms with E-state index in [1.807, 2.05) is 0 Å². The monoisotopic (exact) mass is 262 g/mol. The molecule has 0 aliphatic carbocycles. The van der Waals surface area contributed by atoms with Crippen LogP contribution in [0.2, 0.25) is 0 Å². The fourth-order valence-corrected chi connectivity index (χ4v) is 2.42. The molecular weight excluding hydrogens is 232 g/mol. The Morgan fingerprint density at radius 1 is 1.00 bits per heavy atom. The molecule has 1 aromatic carbocycles. The van der Waals surface area contributed by atoms with E-state index in [-0.39, 0.29) is 0 Å². The first kappa shape index (κ1) is 16.2. The van der Waals surface area contributed by atoms with Gasteiger partial charge in [-0.3, -0.25) is 4.90 Å². The molecule has 1 N–H and O–H groups in total. The van der Waals surface area contributed by atoms with Crippen molar-refractivity contribution in [2.75, 3.05) is 20.1 Å². The van der Waals surface area contributed by atoms with Crippen LogP contribution in [0.5, 0.6) is 0 Å². The summed E-state index contributed by atoms with van der Waals surface area (Å²) in [6.07, 6.45) is 0. The molecule has 0 aliphatic rings. The van der Waals surface area contributed by atoms with Crippen molar-refractivity contribution in [3.05, 3.63) is 35.4 Å². The van der Waals surface area contributed by atoms with E-state index in [1.54, 1.807) is 0 Å². The number of nitrogens with one attached hydrogen (secondary N) is 1. The third kappa shape index (κ3) is 4.63. The van der Waals surface area contributed by atoms with Crippen LogP contribution in [0.15, 0.2) is 24.3 Å². The van der Waals surface area contributed by atoms with Crippen LogP contribution in [-0.4, -0.2) is 31.1 Å². The molecule has 1 aromatic rings. The van der Waals surface area contributed by atoms with Crippen LogP contribution in [0.4, 0.5) is 0 Å². The van der Waals surface area contributed by atoms with Gasteiger partial charge in [-0.2, -0.15) is 0 Å². The molecular formula is C17H30N2. The molecule has 2 nitrogen and oxygen atoms in total. The number of hydrogen-bond donors (Lipinski definition) is 1. The molecule has 1 atom stereocenters. The lowest BCUT2D eigenvalue weighted by Crippen LogP contribution is -2.38. The first-order valence-electron chi connectivity index (χ1n) is 7.50. The molecule has 1 unspecified atom stereocenters. The van der Waals surface area contributed by atoms with E-state index in [1.165, 1.54) is 11.1 Å². The molecule has 0 aromatic heterocycles. The van der Waals surface area contributed by atoms with Gasteiger partial charge < -0.3 is 5.32 Å². The normalized spacial score (nSPS) is 13.5. The lowest BCUT2D eigenvalue weighted by molar-refractivity contribution is 0.210. The molecule has 0 heterocycles. The minimum atomic E-state index is 0.406. The molecule has 0 saturated carbocycles. The SMILES string of the molecule is CCN(CC(NC)c1ccc(C(C)C)cc1)C(C)C. The van der Waals surface area contributed by atoms with Crippen LogP contribution in [0.1, 0.15) is 57.7 Å². The Morgan fingerprint density at radius 3 is 1.89 bits per heavy atom. The lowest BCUT2D eigenvalue weighted by atomic mass is 9.98. The van der Waals surface area contributed by atoms with Crippen molar-refractivity contribution in [2.45, 2.75) is 52.6 Å². The number of likely N-dealkylation sites (N-methyl/N-ethyl adjacent to an activating group) is 2. The zero-order valence-corrected chi connectivity index (χ0v) is 13.4. The van der Waals surface area contributed by atoms with Crippen LogP contribution in [0.25, 0.3) is 0 Å². The van der Waals surface area contributed by atoms with Crippen LogP contribution >= 0.6 is 0 Å². The van der Waals surface area contributed by atoms with Crippen molar-refractivity contribution >= 4 is 0 Å². The molecule has 0 bridgehead atoms. The quantitative estimate of drug-likeness (QED) is 0.804. The van der Waals surface area contributed by atoms with Crippen molar-refractivity contribution < 1.29 is 0 Å². The third-order valence-corrected chi connectivity index (χ3v) is 3.91. The highest BCUT2D eigenvalue weighted by molar-refractivity contribution is 5.27. The summed E-state index contributed by atoms with van der Waals surface area (Å²) in [5.41, 5.74) is 2.79. The van der Waals surface area contributed by atoms with Gasteiger partial charge in [0.2, 0.25) is 0 Å². The Kier molecular flexibility index (Phi) is 6.53. The average Bonchev–Trinajstić information content (AvgIpc) is 2.40. The molecule has 1 rings (SSSR count). The molecule has 2 heteroatoms. The van der Waals surface area contributed by atoms with E-state index in [0.717, 1.165) is 13.1 Å². The Morgan fingerprint density at radius 2 is 1.53 bits per heavy atom. The van der Waals surface area contributed by atoms with Crippen LogP contribution in [0.3, 0.4) is 0 Å². The predicted molar refractivity (Wildman–Crippen MR) is 84.7 cm³/mol. The highest BCUT2D eigenvalue weighted by atomic mass is 15.2. The number of nitrogens with zero attached hydrogens (tertiary/aromatic N) is 1. The highest BCUT2D eigenvalue weighted by Crippen LogP contribution is 2.20. The summed E-state index contributed by atoms with van der Waals surface area (Å²) in [7, 11) is 2.05. The Labute approximate surface area is 119 Å². The van der Waals surface area contributed by atoms with Crippen molar-refractivity contribution in [1.82, 2.24) is 10.2 Å². The lowest BCUT2D eigenvalue weighted by Gasteiger charge is -2.29. The summed E-state index contributed by atoms with van der Waals surface area (Å²) in [5.74, 6) is 0.602. The van der Waals surface area contributed by atoms with E-state index in [4.69, 9.17) is 0 Å². The summed E-state index contributed by atoms with van der Waals surface area (Å²) in [5, 5.41) is 3.45. The fourth-order valence-electron chi connectivity index (χ4n) is 2.42. The predicted octanol–water partition coefficient (Wildman–Crippen LogP) is 3.80. The van der Waals surface area contributed by atoms with Gasteiger partial charge in [-0.1, -0.05) is 45.0 Å². The zero-order chi connectivity index (χ0) is 14.4. The smallest absolute Gasteiger partial charge is 0.0446 e. The topological polar surface area (TPSA) is 15.3 Å². The molecule has 19 heavy (non-hydrogen) atoms.